The number of cyclic esters (lactones) is 1. The van der Waals surface area contributed by atoms with Gasteiger partial charge in [-0.25, -0.2) is 4.79 Å². The number of hydrogen-bond donors (Lipinski definition) is 0. The van der Waals surface area contributed by atoms with Crippen molar-refractivity contribution >= 4 is 5.97 Å². The Bertz CT molecular complexity index is 295. The number of esters is 1. The molecule has 0 aromatic heterocycles. The molecule has 0 aliphatic carbocycles. The molecular formula is C11H12O2. The Labute approximate surface area is 77.9 Å². The summed E-state index contributed by atoms with van der Waals surface area (Å²) in [5.41, 5.74) is 0.612. The van der Waals surface area contributed by atoms with Gasteiger partial charge in [0.1, 0.15) is 6.10 Å². The second-order valence-corrected chi connectivity index (χ2v) is 2.61. The first-order valence-corrected chi connectivity index (χ1v) is 4.12. The Hall–Kier alpha value is -1.57. The van der Waals surface area contributed by atoms with Crippen LogP contribution in [0.25, 0.3) is 0 Å². The minimum atomic E-state index is -0.267. The van der Waals surface area contributed by atoms with Gasteiger partial charge < -0.3 is 4.74 Å². The zero-order valence-corrected chi connectivity index (χ0v) is 7.57. The first kappa shape index (κ1) is 9.52. The van der Waals surface area contributed by atoms with E-state index in [4.69, 9.17) is 4.74 Å². The molecule has 0 fully saturated rings. The molecule has 0 aromatic rings. The molecule has 13 heavy (non-hydrogen) atoms. The first-order chi connectivity index (χ1) is 6.27. The van der Waals surface area contributed by atoms with E-state index in [1.807, 2.05) is 13.0 Å². The van der Waals surface area contributed by atoms with E-state index in [1.54, 1.807) is 30.4 Å². The van der Waals surface area contributed by atoms with Crippen LogP contribution in [0, 0.1) is 0 Å². The highest BCUT2D eigenvalue weighted by molar-refractivity contribution is 5.94. The fourth-order valence-electron chi connectivity index (χ4n) is 1.06. The summed E-state index contributed by atoms with van der Waals surface area (Å²) in [4.78, 5) is 11.1. The third kappa shape index (κ3) is 2.44. The Morgan fingerprint density at radius 2 is 2.38 bits per heavy atom. The highest BCUT2D eigenvalue weighted by atomic mass is 16.5. The highest BCUT2D eigenvalue weighted by Crippen LogP contribution is 2.15. The maximum Gasteiger partial charge on any atom is 0.338 e. The topological polar surface area (TPSA) is 26.3 Å². The smallest absolute Gasteiger partial charge is 0.338 e. The predicted octanol–water partition coefficient (Wildman–Crippen LogP) is 2.16. The lowest BCUT2D eigenvalue weighted by molar-refractivity contribution is -0.137. The van der Waals surface area contributed by atoms with Gasteiger partial charge in [0.2, 0.25) is 0 Å². The van der Waals surface area contributed by atoms with Crippen molar-refractivity contribution in [2.45, 2.75) is 13.0 Å². The third-order valence-corrected chi connectivity index (χ3v) is 1.61. The van der Waals surface area contributed by atoms with E-state index >= 15 is 0 Å². The second kappa shape index (κ2) is 4.45. The summed E-state index contributed by atoms with van der Waals surface area (Å²) >= 11 is 0. The fraction of sp³-hybridized carbons (Fsp3) is 0.182. The molecule has 0 bridgehead atoms. The Kier molecular flexibility index (Phi) is 3.26. The molecule has 0 radical (unpaired) electrons. The van der Waals surface area contributed by atoms with Gasteiger partial charge in [0, 0.05) is 0 Å². The Balaban J connectivity index is 2.71. The molecule has 0 spiro atoms. The average molecular weight is 176 g/mol. The third-order valence-electron chi connectivity index (χ3n) is 1.61. The zero-order chi connectivity index (χ0) is 9.68. The van der Waals surface area contributed by atoms with Crippen LogP contribution in [0.3, 0.4) is 0 Å². The van der Waals surface area contributed by atoms with E-state index < -0.39 is 0 Å². The fourth-order valence-corrected chi connectivity index (χ4v) is 1.06. The summed E-state index contributed by atoms with van der Waals surface area (Å²) < 4.78 is 5.01. The molecule has 2 heteroatoms. The lowest BCUT2D eigenvalue weighted by Crippen LogP contribution is -2.04. The van der Waals surface area contributed by atoms with Gasteiger partial charge in [-0.2, -0.15) is 0 Å². The van der Waals surface area contributed by atoms with Gasteiger partial charge in [-0.3, -0.25) is 0 Å². The molecule has 68 valence electrons. The van der Waals surface area contributed by atoms with Crippen LogP contribution in [0.15, 0.2) is 48.6 Å². The van der Waals surface area contributed by atoms with Gasteiger partial charge in [-0.05, 0) is 19.1 Å². The standard InChI is InChI=1S/C11H12O2/c1-3-5-7-10-8-9(6-4-2)11(12)13-10/h3-8,10H,1H2,2H3. The van der Waals surface area contributed by atoms with Crippen molar-refractivity contribution in [1.82, 2.24) is 0 Å². The first-order valence-electron chi connectivity index (χ1n) is 4.12. The van der Waals surface area contributed by atoms with Gasteiger partial charge in [0.25, 0.3) is 0 Å². The minimum Gasteiger partial charge on any atom is -0.450 e. The summed E-state index contributed by atoms with van der Waals surface area (Å²) in [5, 5.41) is 0. The predicted molar refractivity (Wildman–Crippen MR) is 52.1 cm³/mol. The van der Waals surface area contributed by atoms with E-state index in [0.29, 0.717) is 5.57 Å². The Morgan fingerprint density at radius 3 is 3.00 bits per heavy atom. The molecule has 0 amide bonds. The van der Waals surface area contributed by atoms with Gasteiger partial charge in [-0.1, -0.05) is 30.9 Å². The minimum absolute atomic E-state index is 0.239. The number of hydrogen-bond acceptors (Lipinski definition) is 2. The maximum absolute atomic E-state index is 11.1. The van der Waals surface area contributed by atoms with Gasteiger partial charge in [0.15, 0.2) is 0 Å². The van der Waals surface area contributed by atoms with E-state index in [0.717, 1.165) is 0 Å². The van der Waals surface area contributed by atoms with Crippen molar-refractivity contribution in [3.63, 3.8) is 0 Å². The molecule has 1 rings (SSSR count). The summed E-state index contributed by atoms with van der Waals surface area (Å²) in [6.07, 6.45) is 10.3. The molecule has 1 unspecified atom stereocenters. The quantitative estimate of drug-likeness (QED) is 0.486. The van der Waals surface area contributed by atoms with Gasteiger partial charge in [0.05, 0.1) is 5.57 Å². The molecule has 1 heterocycles. The van der Waals surface area contributed by atoms with E-state index in [1.165, 1.54) is 0 Å². The highest BCUT2D eigenvalue weighted by Gasteiger charge is 2.20. The maximum atomic E-state index is 11.1. The number of rotatable bonds is 3. The molecule has 1 aliphatic heterocycles. The Morgan fingerprint density at radius 1 is 1.62 bits per heavy atom. The number of allylic oxidation sites excluding steroid dienone is 3. The SMILES string of the molecule is C=CC=CC1C=C(C=CC)C(=O)O1. The average Bonchev–Trinajstić information content (AvgIpc) is 2.45. The van der Waals surface area contributed by atoms with Crippen LogP contribution in [0.1, 0.15) is 6.92 Å². The van der Waals surface area contributed by atoms with Crippen LogP contribution in [0.5, 0.6) is 0 Å². The summed E-state index contributed by atoms with van der Waals surface area (Å²) in [5.74, 6) is -0.267. The van der Waals surface area contributed by atoms with Crippen molar-refractivity contribution < 1.29 is 9.53 Å². The molecule has 1 aliphatic rings. The van der Waals surface area contributed by atoms with Crippen LogP contribution in [-0.4, -0.2) is 12.1 Å². The number of carbonyl (C=O) groups is 1. The second-order valence-electron chi connectivity index (χ2n) is 2.61. The van der Waals surface area contributed by atoms with E-state index in [-0.39, 0.29) is 12.1 Å². The summed E-state index contributed by atoms with van der Waals surface area (Å²) in [7, 11) is 0. The largest absolute Gasteiger partial charge is 0.450 e. The van der Waals surface area contributed by atoms with Crippen molar-refractivity contribution in [2.75, 3.05) is 0 Å². The lowest BCUT2D eigenvalue weighted by Gasteiger charge is -1.99. The van der Waals surface area contributed by atoms with Crippen LogP contribution < -0.4 is 0 Å². The van der Waals surface area contributed by atoms with Crippen LogP contribution in [0.4, 0.5) is 0 Å². The van der Waals surface area contributed by atoms with E-state index in [9.17, 15) is 4.79 Å². The molecular weight excluding hydrogens is 164 g/mol. The zero-order valence-electron chi connectivity index (χ0n) is 7.57. The molecule has 0 saturated heterocycles. The lowest BCUT2D eigenvalue weighted by atomic mass is 10.2. The number of carbonyl (C=O) groups excluding carboxylic acids is 1. The molecule has 0 aromatic carbocycles. The molecule has 0 N–H and O–H groups in total. The molecule has 0 saturated carbocycles. The normalized spacial score (nSPS) is 22.4. The van der Waals surface area contributed by atoms with Crippen LogP contribution >= 0.6 is 0 Å². The summed E-state index contributed by atoms with van der Waals surface area (Å²) in [6.45, 7) is 5.40. The van der Waals surface area contributed by atoms with Crippen molar-refractivity contribution in [1.29, 1.82) is 0 Å². The van der Waals surface area contributed by atoms with E-state index in [2.05, 4.69) is 6.58 Å². The molecule has 1 atom stereocenters. The van der Waals surface area contributed by atoms with Crippen LogP contribution in [0.2, 0.25) is 0 Å². The van der Waals surface area contributed by atoms with Crippen molar-refractivity contribution in [3.8, 4) is 0 Å². The monoisotopic (exact) mass is 176 g/mol. The van der Waals surface area contributed by atoms with Crippen molar-refractivity contribution in [2.24, 2.45) is 0 Å². The van der Waals surface area contributed by atoms with Crippen LogP contribution in [-0.2, 0) is 9.53 Å². The molecule has 2 nitrogen and oxygen atoms in total. The number of ether oxygens (including phenoxy) is 1. The van der Waals surface area contributed by atoms with Gasteiger partial charge in [-0.15, -0.1) is 0 Å². The van der Waals surface area contributed by atoms with Gasteiger partial charge >= 0.3 is 5.97 Å². The van der Waals surface area contributed by atoms with Crippen molar-refractivity contribution in [3.05, 3.63) is 48.6 Å². The summed E-state index contributed by atoms with van der Waals surface area (Å²) in [6, 6.07) is 0.